The Kier molecular flexibility index (Phi) is 9.22. The van der Waals surface area contributed by atoms with Gasteiger partial charge in [0.05, 0.1) is 16.5 Å². The molecule has 0 fully saturated rings. The highest BCUT2D eigenvalue weighted by Gasteiger charge is 2.22. The molecule has 0 radical (unpaired) electrons. The van der Waals surface area contributed by atoms with Gasteiger partial charge in [-0.05, 0) is 87.7 Å². The fourth-order valence-electron chi connectivity index (χ4n) is 6.55. The minimum absolute atomic E-state index is 0.199. The molecule has 252 valence electrons. The lowest BCUT2D eigenvalue weighted by Crippen LogP contribution is -2.16. The molecule has 7 aromatic rings. The van der Waals surface area contributed by atoms with Crippen LogP contribution in [0.15, 0.2) is 127 Å². The van der Waals surface area contributed by atoms with E-state index in [0.29, 0.717) is 57.2 Å². The Morgan fingerprint density at radius 2 is 1.39 bits per heavy atom. The van der Waals surface area contributed by atoms with Gasteiger partial charge in [0, 0.05) is 12.8 Å². The normalized spacial score (nSPS) is 11.2. The van der Waals surface area contributed by atoms with Crippen LogP contribution in [0.5, 0.6) is 0 Å². The summed E-state index contributed by atoms with van der Waals surface area (Å²) in [5.74, 6) is -1.12. The third-order valence-corrected chi connectivity index (χ3v) is 9.22. The first kappa shape index (κ1) is 33.1. The molecule has 0 aliphatic heterocycles. The first-order valence-electron chi connectivity index (χ1n) is 16.8. The van der Waals surface area contributed by atoms with E-state index in [4.69, 9.17) is 5.73 Å². The number of carbonyl (C=O) groups is 3. The van der Waals surface area contributed by atoms with Crippen LogP contribution in [-0.2, 0) is 17.6 Å². The second-order valence-corrected chi connectivity index (χ2v) is 12.6. The van der Waals surface area contributed by atoms with Gasteiger partial charge in [0.2, 0.25) is 17.7 Å². The topological polar surface area (TPSA) is 107 Å². The number of hydrogen-bond acceptors (Lipinski definition) is 4. The summed E-state index contributed by atoms with van der Waals surface area (Å²) < 4.78 is 15.9. The van der Waals surface area contributed by atoms with E-state index in [1.54, 1.807) is 25.1 Å². The second kappa shape index (κ2) is 14.2. The number of hydrogen-bond donors (Lipinski definition) is 2. The highest BCUT2D eigenvalue weighted by molar-refractivity contribution is 6.14. The van der Waals surface area contributed by atoms with Crippen LogP contribution >= 0.6 is 0 Å². The van der Waals surface area contributed by atoms with E-state index in [1.807, 2.05) is 103 Å². The zero-order chi connectivity index (χ0) is 35.5. The number of amides is 2. The molecule has 7 rings (SSSR count). The van der Waals surface area contributed by atoms with Gasteiger partial charge in [-0.25, -0.2) is 4.39 Å². The molecule has 1 heterocycles. The number of nitrogens with one attached hydrogen (secondary N) is 1. The Bertz CT molecular complexity index is 2440. The lowest BCUT2D eigenvalue weighted by atomic mass is 9.91. The van der Waals surface area contributed by atoms with Crippen molar-refractivity contribution in [3.05, 3.63) is 155 Å². The first-order chi connectivity index (χ1) is 24.8. The number of fused-ring (bicyclic) bond motifs is 2. The third kappa shape index (κ3) is 6.89. The van der Waals surface area contributed by atoms with Crippen LogP contribution in [0.1, 0.15) is 44.7 Å². The average Bonchev–Trinajstić information content (AvgIpc) is 3.52. The number of benzene rings is 6. The van der Waals surface area contributed by atoms with Gasteiger partial charge in [0.1, 0.15) is 5.82 Å². The van der Waals surface area contributed by atoms with Crippen molar-refractivity contribution in [3.8, 4) is 22.3 Å². The van der Waals surface area contributed by atoms with E-state index in [0.717, 1.165) is 27.6 Å². The summed E-state index contributed by atoms with van der Waals surface area (Å²) in [5, 5.41) is 9.67. The Morgan fingerprint density at radius 1 is 0.725 bits per heavy atom. The largest absolute Gasteiger partial charge is 0.366 e. The maximum Gasteiger partial charge on any atom is 0.249 e. The average molecular weight is 675 g/mol. The van der Waals surface area contributed by atoms with Crippen LogP contribution in [0, 0.1) is 12.7 Å². The van der Waals surface area contributed by atoms with Crippen LogP contribution < -0.4 is 11.1 Å². The van der Waals surface area contributed by atoms with E-state index < -0.39 is 5.91 Å². The number of primary amides is 1. The Hall–Kier alpha value is -6.41. The lowest BCUT2D eigenvalue weighted by molar-refractivity contribution is -0.116. The second-order valence-electron chi connectivity index (χ2n) is 12.6. The molecule has 51 heavy (non-hydrogen) atoms. The van der Waals surface area contributed by atoms with Gasteiger partial charge >= 0.3 is 0 Å². The highest BCUT2D eigenvalue weighted by Crippen LogP contribution is 2.38. The molecule has 0 saturated heterocycles. The molecule has 1 aromatic heterocycles. The van der Waals surface area contributed by atoms with Crippen LogP contribution in [0.4, 0.5) is 10.2 Å². The van der Waals surface area contributed by atoms with Crippen molar-refractivity contribution >= 4 is 45.2 Å². The molecule has 0 unspecified atom stereocenters. The smallest absolute Gasteiger partial charge is 0.249 e. The molecule has 6 aromatic carbocycles. The molecule has 0 atom stereocenters. The number of rotatable bonds is 10. The van der Waals surface area contributed by atoms with Gasteiger partial charge < -0.3 is 11.1 Å². The fourth-order valence-corrected chi connectivity index (χ4v) is 6.55. The molecular weight excluding hydrogens is 639 g/mol. The quantitative estimate of drug-likeness (QED) is 0.151. The summed E-state index contributed by atoms with van der Waals surface area (Å²) >= 11 is 0. The molecule has 0 saturated carbocycles. The predicted molar refractivity (Wildman–Crippen MR) is 200 cm³/mol. The fraction of sp³-hybridized carbons (Fsp3) is 0.116. The summed E-state index contributed by atoms with van der Waals surface area (Å²) in [7, 11) is 0. The number of aromatic nitrogens is 2. The van der Waals surface area contributed by atoms with E-state index in [-0.39, 0.29) is 30.5 Å². The minimum Gasteiger partial charge on any atom is -0.366 e. The van der Waals surface area contributed by atoms with Crippen molar-refractivity contribution in [2.75, 3.05) is 5.32 Å². The summed E-state index contributed by atoms with van der Waals surface area (Å²) in [4.78, 5) is 39.8. The van der Waals surface area contributed by atoms with Crippen molar-refractivity contribution in [1.82, 2.24) is 9.78 Å². The molecule has 0 bridgehead atoms. The molecule has 8 heteroatoms. The van der Waals surface area contributed by atoms with Crippen molar-refractivity contribution in [1.29, 1.82) is 0 Å². The SMILES string of the molecule is Cc1ccc(-c2ccc3cc(-c4cccc5c4c(NC(=O)CCc4ccccc4)nn5C(=O)CCc4ccccc4)ccc3c2C(N)=O)cc1F. The summed E-state index contributed by atoms with van der Waals surface area (Å²) in [6.45, 7) is 1.68. The van der Waals surface area contributed by atoms with Crippen molar-refractivity contribution in [2.45, 2.75) is 32.6 Å². The molecular formula is C43H35FN4O3. The van der Waals surface area contributed by atoms with Gasteiger partial charge in [0.15, 0.2) is 5.82 Å². The summed E-state index contributed by atoms with van der Waals surface area (Å²) in [6, 6.07) is 39.3. The first-order valence-corrected chi connectivity index (χ1v) is 16.8. The standard InChI is InChI=1S/C43H35FN4O3/c1-27-15-18-32(26-36(27)44)35-22-20-31-25-30(19-21-34(31)40(35)42(45)51)33-13-8-14-37-41(33)43(46-38(49)23-16-28-9-4-2-5-10-28)47-48(37)39(50)24-17-29-11-6-3-7-12-29/h2-15,18-22,25-26H,16-17,23-24H2,1H3,(H2,45,51)(H,46,47,49). The highest BCUT2D eigenvalue weighted by atomic mass is 19.1. The molecule has 0 spiro atoms. The number of nitrogens with two attached hydrogens (primary N) is 1. The Balaban J connectivity index is 1.29. The van der Waals surface area contributed by atoms with Crippen LogP contribution in [0.3, 0.4) is 0 Å². The van der Waals surface area contributed by atoms with Gasteiger partial charge in [0.25, 0.3) is 0 Å². The lowest BCUT2D eigenvalue weighted by Gasteiger charge is -2.13. The van der Waals surface area contributed by atoms with Crippen molar-refractivity contribution in [2.24, 2.45) is 5.73 Å². The summed E-state index contributed by atoms with van der Waals surface area (Å²) in [5.41, 5.74) is 12.0. The maximum atomic E-state index is 14.5. The van der Waals surface area contributed by atoms with Crippen LogP contribution in [-0.4, -0.2) is 27.5 Å². The zero-order valence-corrected chi connectivity index (χ0v) is 28.0. The van der Waals surface area contributed by atoms with Gasteiger partial charge in [-0.1, -0.05) is 109 Å². The molecule has 0 aliphatic rings. The number of carbonyl (C=O) groups excluding carboxylic acids is 3. The number of halogens is 1. The molecule has 2 amide bonds. The third-order valence-electron chi connectivity index (χ3n) is 9.22. The van der Waals surface area contributed by atoms with Crippen molar-refractivity contribution in [3.63, 3.8) is 0 Å². The van der Waals surface area contributed by atoms with E-state index in [2.05, 4.69) is 10.4 Å². The number of anilines is 1. The monoisotopic (exact) mass is 674 g/mol. The molecule has 7 nitrogen and oxygen atoms in total. The van der Waals surface area contributed by atoms with Gasteiger partial charge in [-0.2, -0.15) is 4.68 Å². The van der Waals surface area contributed by atoms with Gasteiger partial charge in [-0.15, -0.1) is 5.10 Å². The van der Waals surface area contributed by atoms with Crippen molar-refractivity contribution < 1.29 is 18.8 Å². The molecule has 3 N–H and O–H groups in total. The maximum absolute atomic E-state index is 14.5. The Labute approximate surface area is 294 Å². The Morgan fingerprint density at radius 3 is 2.08 bits per heavy atom. The molecule has 0 aliphatic carbocycles. The minimum atomic E-state index is -0.623. The van der Waals surface area contributed by atoms with Gasteiger partial charge in [-0.3, -0.25) is 14.4 Å². The predicted octanol–water partition coefficient (Wildman–Crippen LogP) is 8.91. The van der Waals surface area contributed by atoms with Crippen LogP contribution in [0.25, 0.3) is 43.9 Å². The van der Waals surface area contributed by atoms with Crippen LogP contribution in [0.2, 0.25) is 0 Å². The summed E-state index contributed by atoms with van der Waals surface area (Å²) in [6.07, 6.45) is 1.56. The number of aryl methyl sites for hydroxylation is 3. The van der Waals surface area contributed by atoms with E-state index >= 15 is 0 Å². The van der Waals surface area contributed by atoms with E-state index in [9.17, 15) is 18.8 Å². The zero-order valence-electron chi connectivity index (χ0n) is 28.0. The van der Waals surface area contributed by atoms with E-state index in [1.165, 1.54) is 10.7 Å². The number of nitrogens with zero attached hydrogens (tertiary/aromatic N) is 2.